The van der Waals surface area contributed by atoms with E-state index in [0.717, 1.165) is 10.4 Å². The Morgan fingerprint density at radius 2 is 2.10 bits per heavy atom. The van der Waals surface area contributed by atoms with E-state index in [1.54, 1.807) is 18.2 Å². The molecule has 1 heterocycles. The molecule has 1 aromatic heterocycles. The van der Waals surface area contributed by atoms with E-state index in [1.165, 1.54) is 23.5 Å². The Balaban J connectivity index is 2.09. The molecule has 0 bridgehead atoms. The highest BCUT2D eigenvalue weighted by Gasteiger charge is 2.17. The molecule has 0 spiro atoms. The molecule has 21 heavy (non-hydrogen) atoms. The van der Waals surface area contributed by atoms with Crippen LogP contribution in [0.25, 0.3) is 0 Å². The maximum absolute atomic E-state index is 12.2. The summed E-state index contributed by atoms with van der Waals surface area (Å²) in [6, 6.07) is 8.06. The molecule has 0 unspecified atom stereocenters. The van der Waals surface area contributed by atoms with E-state index in [2.05, 4.69) is 16.6 Å². The van der Waals surface area contributed by atoms with Gasteiger partial charge in [-0.15, -0.1) is 11.3 Å². The molecule has 4 nitrogen and oxygen atoms in total. The Morgan fingerprint density at radius 3 is 2.81 bits per heavy atom. The molecule has 2 rings (SSSR count). The lowest BCUT2D eigenvalue weighted by Gasteiger charge is -2.06. The molecule has 0 aliphatic carbocycles. The smallest absolute Gasteiger partial charge is 0.242 e. The normalized spacial score (nSPS) is 11.0. The molecule has 0 saturated carbocycles. The predicted molar refractivity (Wildman–Crippen MR) is 83.8 cm³/mol. The number of thiophene rings is 1. The minimum absolute atomic E-state index is 0.0588. The number of benzene rings is 1. The number of sulfonamides is 1. The van der Waals surface area contributed by atoms with Crippen LogP contribution in [0.3, 0.4) is 0 Å². The quantitative estimate of drug-likeness (QED) is 0.838. The van der Waals surface area contributed by atoms with E-state index in [9.17, 15) is 8.42 Å². The number of hydrogen-bond donors (Lipinski definition) is 2. The van der Waals surface area contributed by atoms with Gasteiger partial charge < -0.3 is 5.11 Å². The first-order chi connectivity index (χ1) is 10.0. The van der Waals surface area contributed by atoms with Crippen molar-refractivity contribution in [1.82, 2.24) is 4.72 Å². The van der Waals surface area contributed by atoms with Crippen LogP contribution in [-0.2, 0) is 16.6 Å². The standard InChI is InChI=1S/C14H12ClNO3S2/c15-13-5-1-2-6-14(13)21(18,19)16-9-12-8-11(10-20-12)4-3-7-17/h1-2,5-6,8,10,16-17H,7,9H2. The Morgan fingerprint density at radius 1 is 1.33 bits per heavy atom. The van der Waals surface area contributed by atoms with Crippen molar-refractivity contribution >= 4 is 33.0 Å². The maximum Gasteiger partial charge on any atom is 0.242 e. The van der Waals surface area contributed by atoms with Gasteiger partial charge in [-0.25, -0.2) is 13.1 Å². The van der Waals surface area contributed by atoms with Crippen molar-refractivity contribution in [2.45, 2.75) is 11.4 Å². The SMILES string of the molecule is O=S(=O)(NCc1cc(C#CCO)cs1)c1ccccc1Cl. The van der Waals surface area contributed by atoms with Gasteiger partial charge in [0.2, 0.25) is 10.0 Å². The minimum Gasteiger partial charge on any atom is -0.384 e. The lowest BCUT2D eigenvalue weighted by atomic mass is 10.3. The molecule has 1 aromatic carbocycles. The molecule has 2 aromatic rings. The van der Waals surface area contributed by atoms with Gasteiger partial charge in [0.05, 0.1) is 5.02 Å². The molecule has 0 radical (unpaired) electrons. The summed E-state index contributed by atoms with van der Waals surface area (Å²) < 4.78 is 26.8. The monoisotopic (exact) mass is 341 g/mol. The second-order valence-corrected chi connectivity index (χ2v) is 7.15. The molecular weight excluding hydrogens is 330 g/mol. The molecule has 2 N–H and O–H groups in total. The van der Waals surface area contributed by atoms with Gasteiger partial charge in [-0.05, 0) is 18.2 Å². The molecule has 0 saturated heterocycles. The summed E-state index contributed by atoms with van der Waals surface area (Å²) >= 11 is 7.29. The number of rotatable bonds is 4. The first-order valence-electron chi connectivity index (χ1n) is 5.94. The zero-order valence-corrected chi connectivity index (χ0v) is 13.2. The Kier molecular flexibility index (Phi) is 5.39. The first-order valence-corrected chi connectivity index (χ1v) is 8.68. The number of halogens is 1. The minimum atomic E-state index is -3.65. The molecule has 0 amide bonds. The van der Waals surface area contributed by atoms with Crippen LogP contribution < -0.4 is 4.72 Å². The van der Waals surface area contributed by atoms with Gasteiger partial charge in [0.25, 0.3) is 0 Å². The highest BCUT2D eigenvalue weighted by atomic mass is 35.5. The third-order valence-corrected chi connectivity index (χ3v) is 5.37. The number of hydrogen-bond acceptors (Lipinski definition) is 4. The van der Waals surface area contributed by atoms with Crippen molar-refractivity contribution in [2.75, 3.05) is 6.61 Å². The summed E-state index contributed by atoms with van der Waals surface area (Å²) in [6.45, 7) is -0.0383. The summed E-state index contributed by atoms with van der Waals surface area (Å²) in [4.78, 5) is 0.886. The van der Waals surface area contributed by atoms with Gasteiger partial charge in [0, 0.05) is 22.4 Å². The predicted octanol–water partition coefficient (Wildman–Crippen LogP) is 2.22. The fourth-order valence-electron chi connectivity index (χ4n) is 1.59. The van der Waals surface area contributed by atoms with Gasteiger partial charge in [0.1, 0.15) is 11.5 Å². The fourth-order valence-corrected chi connectivity index (χ4v) is 3.96. The molecule has 0 atom stereocenters. The van der Waals surface area contributed by atoms with Gasteiger partial charge >= 0.3 is 0 Å². The van der Waals surface area contributed by atoms with Crippen LogP contribution in [-0.4, -0.2) is 20.1 Å². The fraction of sp³-hybridized carbons (Fsp3) is 0.143. The zero-order chi connectivity index (χ0) is 15.3. The first kappa shape index (κ1) is 16.0. The third-order valence-electron chi connectivity index (χ3n) is 2.53. The van der Waals surface area contributed by atoms with Crippen molar-refractivity contribution in [1.29, 1.82) is 0 Å². The lowest BCUT2D eigenvalue weighted by Crippen LogP contribution is -2.23. The Hall–Kier alpha value is -1.36. The van der Waals surface area contributed by atoms with Crippen LogP contribution in [0, 0.1) is 11.8 Å². The van der Waals surface area contributed by atoms with Crippen molar-refractivity contribution in [3.8, 4) is 11.8 Å². The van der Waals surface area contributed by atoms with E-state index in [4.69, 9.17) is 16.7 Å². The van der Waals surface area contributed by atoms with Crippen LogP contribution >= 0.6 is 22.9 Å². The summed E-state index contributed by atoms with van der Waals surface area (Å²) in [5.74, 6) is 5.30. The molecular formula is C14H12ClNO3S2. The van der Waals surface area contributed by atoms with E-state index >= 15 is 0 Å². The van der Waals surface area contributed by atoms with Gasteiger partial charge in [-0.1, -0.05) is 35.6 Å². The average molecular weight is 342 g/mol. The topological polar surface area (TPSA) is 66.4 Å². The maximum atomic E-state index is 12.2. The number of nitrogens with one attached hydrogen (secondary N) is 1. The zero-order valence-electron chi connectivity index (χ0n) is 10.8. The Labute approximate surface area is 132 Å². The van der Waals surface area contributed by atoms with E-state index in [-0.39, 0.29) is 23.1 Å². The van der Waals surface area contributed by atoms with Crippen molar-refractivity contribution in [3.05, 3.63) is 51.2 Å². The second-order valence-electron chi connectivity index (χ2n) is 4.02. The highest BCUT2D eigenvalue weighted by molar-refractivity contribution is 7.89. The Bertz CT molecular complexity index is 788. The van der Waals surface area contributed by atoms with Crippen LogP contribution in [0.4, 0.5) is 0 Å². The summed E-state index contributed by atoms with van der Waals surface area (Å²) in [7, 11) is -3.65. The summed E-state index contributed by atoms with van der Waals surface area (Å²) in [5, 5.41) is 10.6. The molecule has 110 valence electrons. The largest absolute Gasteiger partial charge is 0.384 e. The van der Waals surface area contributed by atoms with E-state index in [0.29, 0.717) is 0 Å². The number of aliphatic hydroxyl groups excluding tert-OH is 1. The molecule has 7 heteroatoms. The van der Waals surface area contributed by atoms with Crippen LogP contribution in [0.1, 0.15) is 10.4 Å². The van der Waals surface area contributed by atoms with Gasteiger partial charge in [-0.3, -0.25) is 0 Å². The highest BCUT2D eigenvalue weighted by Crippen LogP contribution is 2.21. The van der Waals surface area contributed by atoms with E-state index < -0.39 is 10.0 Å². The van der Waals surface area contributed by atoms with Gasteiger partial charge in [-0.2, -0.15) is 0 Å². The summed E-state index contributed by atoms with van der Waals surface area (Å²) in [6.07, 6.45) is 0. The molecule has 0 aliphatic heterocycles. The van der Waals surface area contributed by atoms with Crippen molar-refractivity contribution in [2.24, 2.45) is 0 Å². The van der Waals surface area contributed by atoms with Crippen LogP contribution in [0.2, 0.25) is 5.02 Å². The lowest BCUT2D eigenvalue weighted by molar-refractivity contribution is 0.350. The van der Waals surface area contributed by atoms with Crippen molar-refractivity contribution < 1.29 is 13.5 Å². The van der Waals surface area contributed by atoms with Crippen LogP contribution in [0.5, 0.6) is 0 Å². The van der Waals surface area contributed by atoms with Crippen molar-refractivity contribution in [3.63, 3.8) is 0 Å². The van der Waals surface area contributed by atoms with Gasteiger partial charge in [0.15, 0.2) is 0 Å². The summed E-state index contributed by atoms with van der Waals surface area (Å²) in [5.41, 5.74) is 0.751. The number of aliphatic hydroxyl groups is 1. The third kappa shape index (κ3) is 4.30. The molecule has 0 aliphatic rings. The average Bonchev–Trinajstić information content (AvgIpc) is 2.91. The second kappa shape index (κ2) is 7.07. The van der Waals surface area contributed by atoms with E-state index in [1.807, 2.05) is 5.38 Å². The van der Waals surface area contributed by atoms with Crippen LogP contribution in [0.15, 0.2) is 40.6 Å². The molecule has 0 fully saturated rings.